The summed E-state index contributed by atoms with van der Waals surface area (Å²) in [5.41, 5.74) is 0.149. The molecule has 5 heteroatoms. The third kappa shape index (κ3) is 4.71. The van der Waals surface area contributed by atoms with Crippen molar-refractivity contribution in [3.63, 3.8) is 0 Å². The molecule has 2 heterocycles. The number of nitrogens with one attached hydrogen (secondary N) is 1. The number of rotatable bonds is 4. The fourth-order valence-corrected chi connectivity index (χ4v) is 4.54. The highest BCUT2D eigenvalue weighted by Crippen LogP contribution is 2.44. The van der Waals surface area contributed by atoms with Gasteiger partial charge in [-0.05, 0) is 46.2 Å². The Balaban J connectivity index is 1.64. The zero-order chi connectivity index (χ0) is 19.8. The molecule has 0 atom stereocenters. The molecule has 27 heavy (non-hydrogen) atoms. The van der Waals surface area contributed by atoms with Crippen molar-refractivity contribution in [3.8, 4) is 0 Å². The second kappa shape index (κ2) is 7.19. The maximum atomic E-state index is 12.3. The van der Waals surface area contributed by atoms with Crippen molar-refractivity contribution in [1.82, 2.24) is 5.32 Å². The number of hydrogen-bond donors (Lipinski definition) is 1. The number of carbonyl (C=O) groups is 1. The van der Waals surface area contributed by atoms with Crippen LogP contribution in [-0.2, 0) is 14.2 Å². The molecule has 2 fully saturated rings. The Morgan fingerprint density at radius 1 is 1.04 bits per heavy atom. The molecule has 2 aliphatic rings. The molecular weight excluding hydrogens is 342 g/mol. The topological polar surface area (TPSA) is 56.8 Å². The molecular formula is C22H33NO4. The molecule has 0 saturated carbocycles. The summed E-state index contributed by atoms with van der Waals surface area (Å²) in [7, 11) is 0. The molecule has 1 aromatic carbocycles. The van der Waals surface area contributed by atoms with Crippen LogP contribution in [0.3, 0.4) is 0 Å². The van der Waals surface area contributed by atoms with Gasteiger partial charge in [-0.25, -0.2) is 4.79 Å². The highest BCUT2D eigenvalue weighted by atomic mass is 16.7. The summed E-state index contributed by atoms with van der Waals surface area (Å²) in [6.45, 7) is 12.2. The Labute approximate surface area is 162 Å². The van der Waals surface area contributed by atoms with Crippen LogP contribution >= 0.6 is 0 Å². The Hall–Kier alpha value is -1.43. The first kappa shape index (κ1) is 20.3. The summed E-state index contributed by atoms with van der Waals surface area (Å²) in [5.74, 6) is -0.867. The fraction of sp³-hybridized carbons (Fsp3) is 0.682. The molecule has 1 spiro atoms. The third-order valence-electron chi connectivity index (χ3n) is 5.65. The van der Waals surface area contributed by atoms with Gasteiger partial charge < -0.3 is 19.5 Å². The quantitative estimate of drug-likeness (QED) is 0.808. The lowest BCUT2D eigenvalue weighted by molar-refractivity contribution is -0.332. The van der Waals surface area contributed by atoms with Crippen LogP contribution in [0.2, 0.25) is 0 Å². The van der Waals surface area contributed by atoms with Crippen molar-refractivity contribution in [2.75, 3.05) is 19.8 Å². The van der Waals surface area contributed by atoms with Crippen molar-refractivity contribution in [2.24, 2.45) is 5.41 Å². The molecule has 150 valence electrons. The van der Waals surface area contributed by atoms with E-state index in [1.807, 2.05) is 18.2 Å². The Morgan fingerprint density at radius 3 is 2.11 bits per heavy atom. The lowest BCUT2D eigenvalue weighted by Crippen LogP contribution is -2.67. The Morgan fingerprint density at radius 2 is 1.59 bits per heavy atom. The van der Waals surface area contributed by atoms with Gasteiger partial charge in [0.25, 0.3) is 0 Å². The standard InChI is InChI=1S/C22H33NO4/c1-6-21(14-25-18(24)17-10-8-7-9-11-17)15-26-22(27-16-21)12-19(2,3)23-20(4,5)13-22/h7-11,23H,6,12-16H2,1-5H3. The smallest absolute Gasteiger partial charge is 0.338 e. The zero-order valence-electron chi connectivity index (χ0n) is 17.3. The number of esters is 1. The first-order valence-electron chi connectivity index (χ1n) is 9.88. The third-order valence-corrected chi connectivity index (χ3v) is 5.65. The van der Waals surface area contributed by atoms with E-state index in [4.69, 9.17) is 14.2 Å². The SMILES string of the molecule is CCC1(COC(=O)c2ccccc2)COC2(CC(C)(C)NC(C)(C)C2)OC1. The molecule has 0 amide bonds. The van der Waals surface area contributed by atoms with Gasteiger partial charge in [0.1, 0.15) is 6.61 Å². The van der Waals surface area contributed by atoms with Crippen LogP contribution in [0.25, 0.3) is 0 Å². The first-order valence-corrected chi connectivity index (χ1v) is 9.88. The van der Waals surface area contributed by atoms with Gasteiger partial charge in [0.05, 0.1) is 24.2 Å². The van der Waals surface area contributed by atoms with Crippen molar-refractivity contribution in [2.45, 2.75) is 70.7 Å². The van der Waals surface area contributed by atoms with Gasteiger partial charge in [-0.2, -0.15) is 0 Å². The number of ether oxygens (including phenoxy) is 3. The van der Waals surface area contributed by atoms with Crippen molar-refractivity contribution < 1.29 is 19.0 Å². The minimum Gasteiger partial charge on any atom is -0.461 e. The zero-order valence-corrected chi connectivity index (χ0v) is 17.3. The number of piperidine rings is 1. The molecule has 0 radical (unpaired) electrons. The van der Waals surface area contributed by atoms with Crippen molar-refractivity contribution >= 4 is 5.97 Å². The second-order valence-electron chi connectivity index (χ2n) is 9.53. The van der Waals surface area contributed by atoms with Crippen LogP contribution in [0, 0.1) is 5.41 Å². The van der Waals surface area contributed by atoms with E-state index >= 15 is 0 Å². The second-order valence-corrected chi connectivity index (χ2v) is 9.53. The van der Waals surface area contributed by atoms with E-state index in [1.165, 1.54) is 0 Å². The predicted molar refractivity (Wildman–Crippen MR) is 105 cm³/mol. The van der Waals surface area contributed by atoms with E-state index in [-0.39, 0.29) is 22.5 Å². The van der Waals surface area contributed by atoms with Gasteiger partial charge in [0.15, 0.2) is 5.79 Å². The van der Waals surface area contributed by atoms with Crippen LogP contribution < -0.4 is 5.32 Å². The van der Waals surface area contributed by atoms with Crippen LogP contribution in [0.5, 0.6) is 0 Å². The fourth-order valence-electron chi connectivity index (χ4n) is 4.54. The average Bonchev–Trinajstić information content (AvgIpc) is 2.59. The summed E-state index contributed by atoms with van der Waals surface area (Å²) in [6, 6.07) is 9.09. The minimum absolute atomic E-state index is 0.0618. The molecule has 0 aromatic heterocycles. The molecule has 1 aromatic rings. The first-order chi connectivity index (χ1) is 12.6. The highest BCUT2D eigenvalue weighted by molar-refractivity contribution is 5.89. The van der Waals surface area contributed by atoms with Crippen LogP contribution in [-0.4, -0.2) is 42.7 Å². The van der Waals surface area contributed by atoms with Crippen LogP contribution in [0.1, 0.15) is 64.2 Å². The highest BCUT2D eigenvalue weighted by Gasteiger charge is 2.53. The molecule has 0 bridgehead atoms. The van der Waals surface area contributed by atoms with E-state index in [9.17, 15) is 4.79 Å². The largest absolute Gasteiger partial charge is 0.461 e. The number of carbonyl (C=O) groups excluding carboxylic acids is 1. The molecule has 0 unspecified atom stereocenters. The van der Waals surface area contributed by atoms with E-state index in [2.05, 4.69) is 39.9 Å². The van der Waals surface area contributed by atoms with Crippen molar-refractivity contribution in [3.05, 3.63) is 35.9 Å². The summed E-state index contributed by atoms with van der Waals surface area (Å²) < 4.78 is 18.3. The maximum Gasteiger partial charge on any atom is 0.338 e. The van der Waals surface area contributed by atoms with Gasteiger partial charge in [0, 0.05) is 23.9 Å². The molecule has 2 saturated heterocycles. The monoisotopic (exact) mass is 375 g/mol. The normalized spacial score (nSPS) is 25.1. The molecule has 0 aliphatic carbocycles. The van der Waals surface area contributed by atoms with E-state index in [1.54, 1.807) is 12.1 Å². The summed E-state index contributed by atoms with van der Waals surface area (Å²) in [6.07, 6.45) is 2.43. The maximum absolute atomic E-state index is 12.3. The molecule has 5 nitrogen and oxygen atoms in total. The Bertz CT molecular complexity index is 642. The van der Waals surface area contributed by atoms with Gasteiger partial charge in [-0.3, -0.25) is 0 Å². The van der Waals surface area contributed by atoms with E-state index in [0.29, 0.717) is 25.4 Å². The molecule has 3 rings (SSSR count). The lowest BCUT2D eigenvalue weighted by Gasteiger charge is -2.55. The summed E-state index contributed by atoms with van der Waals surface area (Å²) in [5, 5.41) is 3.67. The number of benzene rings is 1. The average molecular weight is 376 g/mol. The van der Waals surface area contributed by atoms with Gasteiger partial charge in [-0.15, -0.1) is 0 Å². The molecule has 2 aliphatic heterocycles. The summed E-state index contributed by atoms with van der Waals surface area (Å²) in [4.78, 5) is 12.3. The van der Waals surface area contributed by atoms with E-state index in [0.717, 1.165) is 19.3 Å². The van der Waals surface area contributed by atoms with Crippen LogP contribution in [0.4, 0.5) is 0 Å². The van der Waals surface area contributed by atoms with Crippen LogP contribution in [0.15, 0.2) is 30.3 Å². The van der Waals surface area contributed by atoms with Crippen molar-refractivity contribution in [1.29, 1.82) is 0 Å². The van der Waals surface area contributed by atoms with Gasteiger partial charge >= 0.3 is 5.97 Å². The lowest BCUT2D eigenvalue weighted by atomic mass is 9.77. The van der Waals surface area contributed by atoms with E-state index < -0.39 is 5.79 Å². The minimum atomic E-state index is -0.569. The summed E-state index contributed by atoms with van der Waals surface area (Å²) >= 11 is 0. The Kier molecular flexibility index (Phi) is 5.41. The number of hydrogen-bond acceptors (Lipinski definition) is 5. The van der Waals surface area contributed by atoms with Gasteiger partial charge in [0.2, 0.25) is 0 Å². The van der Waals surface area contributed by atoms with Gasteiger partial charge in [-0.1, -0.05) is 25.1 Å². The predicted octanol–water partition coefficient (Wildman–Crippen LogP) is 3.92. The molecule has 1 N–H and O–H groups in total.